The quantitative estimate of drug-likeness (QED) is 0.687. The Morgan fingerprint density at radius 1 is 1.18 bits per heavy atom. The Labute approximate surface area is 193 Å². The SMILES string of the molecule is CC(=O)NC1CCCCC12CN(Cc1ccc(C(C)(C)C)cc1)CCO2.O=C(O)C(F)(F)F. The van der Waals surface area contributed by atoms with Crippen LogP contribution in [0.25, 0.3) is 0 Å². The number of carboxylic acids is 1. The minimum Gasteiger partial charge on any atom is -0.475 e. The van der Waals surface area contributed by atoms with E-state index in [1.54, 1.807) is 6.92 Å². The number of nitrogens with one attached hydrogen (secondary N) is 1. The Kier molecular flexibility index (Phi) is 8.93. The van der Waals surface area contributed by atoms with Gasteiger partial charge >= 0.3 is 12.1 Å². The highest BCUT2D eigenvalue weighted by atomic mass is 19.4. The molecule has 1 aromatic carbocycles. The number of carbonyl (C=O) groups is 2. The number of nitrogens with zero attached hydrogens (tertiary/aromatic N) is 1. The van der Waals surface area contributed by atoms with E-state index in [0.29, 0.717) is 0 Å². The molecule has 0 radical (unpaired) electrons. The van der Waals surface area contributed by atoms with Crippen LogP contribution in [0.1, 0.15) is 64.5 Å². The first kappa shape index (κ1) is 27.1. The van der Waals surface area contributed by atoms with E-state index >= 15 is 0 Å². The molecule has 2 unspecified atom stereocenters. The molecule has 0 bridgehead atoms. The van der Waals surface area contributed by atoms with Gasteiger partial charge in [-0.25, -0.2) is 4.79 Å². The Balaban J connectivity index is 0.000000479. The third-order valence-electron chi connectivity index (χ3n) is 6.11. The first-order valence-corrected chi connectivity index (χ1v) is 11.3. The number of carboxylic acid groups (broad SMARTS) is 1. The van der Waals surface area contributed by atoms with Crippen LogP contribution in [0.2, 0.25) is 0 Å². The van der Waals surface area contributed by atoms with Gasteiger partial charge in [0.15, 0.2) is 0 Å². The van der Waals surface area contributed by atoms with Crippen LogP contribution >= 0.6 is 0 Å². The largest absolute Gasteiger partial charge is 0.490 e. The fraction of sp³-hybridized carbons (Fsp3) is 0.667. The van der Waals surface area contributed by atoms with Crippen LogP contribution in [0.15, 0.2) is 24.3 Å². The van der Waals surface area contributed by atoms with Gasteiger partial charge in [0.05, 0.1) is 12.6 Å². The average molecular weight is 473 g/mol. The molecule has 1 aliphatic heterocycles. The molecule has 1 saturated heterocycles. The van der Waals surface area contributed by atoms with Crippen molar-refractivity contribution in [1.82, 2.24) is 10.2 Å². The first-order chi connectivity index (χ1) is 15.2. The topological polar surface area (TPSA) is 78.9 Å². The zero-order chi connectivity index (χ0) is 24.9. The Morgan fingerprint density at radius 3 is 2.30 bits per heavy atom. The number of rotatable bonds is 3. The molecule has 1 saturated carbocycles. The Bertz CT molecular complexity index is 801. The summed E-state index contributed by atoms with van der Waals surface area (Å²) in [7, 11) is 0. The monoisotopic (exact) mass is 472 g/mol. The maximum atomic E-state index is 11.6. The predicted molar refractivity (Wildman–Crippen MR) is 119 cm³/mol. The standard InChI is InChI=1S/C22H34N2O2.C2HF3O2/c1-17(25)23-20-7-5-6-12-22(20)16-24(13-14-26-22)15-18-8-10-19(11-9-18)21(2,3)4;3-2(4,5)1(6)7/h8-11,20H,5-7,12-16H2,1-4H3,(H,23,25);(H,6,7). The Morgan fingerprint density at radius 2 is 1.79 bits per heavy atom. The van der Waals surface area contributed by atoms with Crippen molar-refractivity contribution in [2.75, 3.05) is 19.7 Å². The number of halogens is 3. The molecule has 2 aliphatic rings. The number of hydrogen-bond donors (Lipinski definition) is 2. The summed E-state index contributed by atoms with van der Waals surface area (Å²) in [6.07, 6.45) is -0.667. The molecule has 33 heavy (non-hydrogen) atoms. The van der Waals surface area contributed by atoms with Crippen LogP contribution in [0.5, 0.6) is 0 Å². The maximum absolute atomic E-state index is 11.6. The van der Waals surface area contributed by atoms with Gasteiger partial charge in [-0.15, -0.1) is 0 Å². The van der Waals surface area contributed by atoms with E-state index in [2.05, 4.69) is 55.3 Å². The molecule has 1 aliphatic carbocycles. The van der Waals surface area contributed by atoms with Crippen LogP contribution in [-0.4, -0.2) is 59.4 Å². The molecule has 6 nitrogen and oxygen atoms in total. The zero-order valence-corrected chi connectivity index (χ0v) is 19.8. The smallest absolute Gasteiger partial charge is 0.475 e. The van der Waals surface area contributed by atoms with E-state index in [1.165, 1.54) is 24.0 Å². The normalized spacial score (nSPS) is 24.0. The summed E-state index contributed by atoms with van der Waals surface area (Å²) < 4.78 is 38.0. The van der Waals surface area contributed by atoms with Crippen LogP contribution < -0.4 is 5.32 Å². The number of morpholine rings is 1. The van der Waals surface area contributed by atoms with Crippen LogP contribution in [-0.2, 0) is 26.3 Å². The summed E-state index contributed by atoms with van der Waals surface area (Å²) in [5.74, 6) is -2.71. The summed E-state index contributed by atoms with van der Waals surface area (Å²) in [5, 5.41) is 10.3. The van der Waals surface area contributed by atoms with E-state index in [0.717, 1.165) is 39.1 Å². The van der Waals surface area contributed by atoms with Crippen molar-refractivity contribution in [2.45, 2.75) is 83.2 Å². The van der Waals surface area contributed by atoms with E-state index in [4.69, 9.17) is 14.6 Å². The molecule has 186 valence electrons. The molecule has 2 fully saturated rings. The van der Waals surface area contributed by atoms with Crippen molar-refractivity contribution in [3.63, 3.8) is 0 Å². The molecular weight excluding hydrogens is 437 g/mol. The number of amides is 1. The highest BCUT2D eigenvalue weighted by Gasteiger charge is 2.45. The molecule has 1 aromatic rings. The van der Waals surface area contributed by atoms with Gasteiger partial charge in [0.2, 0.25) is 5.91 Å². The third-order valence-corrected chi connectivity index (χ3v) is 6.11. The van der Waals surface area contributed by atoms with Gasteiger partial charge in [0, 0.05) is 26.6 Å². The van der Waals surface area contributed by atoms with Crippen molar-refractivity contribution in [1.29, 1.82) is 0 Å². The summed E-state index contributed by atoms with van der Waals surface area (Å²) in [5.41, 5.74) is 2.70. The molecule has 1 amide bonds. The van der Waals surface area contributed by atoms with Gasteiger partial charge in [-0.05, 0) is 29.4 Å². The van der Waals surface area contributed by atoms with E-state index < -0.39 is 12.1 Å². The highest BCUT2D eigenvalue weighted by Crippen LogP contribution is 2.35. The third kappa shape index (κ3) is 7.99. The summed E-state index contributed by atoms with van der Waals surface area (Å²) in [4.78, 5) is 23.0. The van der Waals surface area contributed by atoms with Crippen LogP contribution in [0.4, 0.5) is 13.2 Å². The lowest BCUT2D eigenvalue weighted by Crippen LogP contribution is -2.63. The van der Waals surface area contributed by atoms with Crippen molar-refractivity contribution in [3.05, 3.63) is 35.4 Å². The maximum Gasteiger partial charge on any atom is 0.490 e. The average Bonchev–Trinajstić information content (AvgIpc) is 2.69. The second kappa shape index (κ2) is 10.9. The van der Waals surface area contributed by atoms with Crippen LogP contribution in [0.3, 0.4) is 0 Å². The lowest BCUT2D eigenvalue weighted by atomic mass is 9.78. The molecule has 2 atom stereocenters. The van der Waals surface area contributed by atoms with Crippen molar-refractivity contribution < 1.29 is 32.6 Å². The van der Waals surface area contributed by atoms with Gasteiger partial charge in [0.25, 0.3) is 0 Å². The number of ether oxygens (including phenoxy) is 1. The zero-order valence-electron chi connectivity index (χ0n) is 19.8. The second-order valence-corrected chi connectivity index (χ2v) is 9.87. The Hall–Kier alpha value is -2.13. The number of benzene rings is 1. The minimum absolute atomic E-state index is 0.0507. The fourth-order valence-corrected chi connectivity index (χ4v) is 4.41. The predicted octanol–water partition coefficient (Wildman–Crippen LogP) is 4.27. The lowest BCUT2D eigenvalue weighted by Gasteiger charge is -2.49. The highest BCUT2D eigenvalue weighted by molar-refractivity contribution is 5.73. The summed E-state index contributed by atoms with van der Waals surface area (Å²) in [6, 6.07) is 9.17. The number of carbonyl (C=O) groups excluding carboxylic acids is 1. The molecule has 1 heterocycles. The van der Waals surface area contributed by atoms with Gasteiger partial charge in [0.1, 0.15) is 5.60 Å². The molecule has 3 rings (SSSR count). The molecule has 9 heteroatoms. The van der Waals surface area contributed by atoms with Gasteiger partial charge < -0.3 is 15.2 Å². The summed E-state index contributed by atoms with van der Waals surface area (Å²) in [6.45, 7) is 11.9. The van der Waals surface area contributed by atoms with E-state index in [1.807, 2.05) is 0 Å². The van der Waals surface area contributed by atoms with E-state index in [9.17, 15) is 18.0 Å². The van der Waals surface area contributed by atoms with Crippen molar-refractivity contribution in [2.24, 2.45) is 0 Å². The molecular formula is C24H35F3N2O4. The summed E-state index contributed by atoms with van der Waals surface area (Å²) >= 11 is 0. The van der Waals surface area contributed by atoms with Gasteiger partial charge in [-0.3, -0.25) is 9.69 Å². The van der Waals surface area contributed by atoms with E-state index in [-0.39, 0.29) is 23.0 Å². The van der Waals surface area contributed by atoms with Gasteiger partial charge in [-0.2, -0.15) is 13.2 Å². The molecule has 2 N–H and O–H groups in total. The second-order valence-electron chi connectivity index (χ2n) is 9.87. The fourth-order valence-electron chi connectivity index (χ4n) is 4.41. The molecule has 1 spiro atoms. The van der Waals surface area contributed by atoms with Crippen molar-refractivity contribution in [3.8, 4) is 0 Å². The lowest BCUT2D eigenvalue weighted by molar-refractivity contribution is -0.192. The molecule has 0 aromatic heterocycles. The first-order valence-electron chi connectivity index (χ1n) is 11.3. The van der Waals surface area contributed by atoms with Crippen molar-refractivity contribution >= 4 is 11.9 Å². The number of alkyl halides is 3. The number of aliphatic carboxylic acids is 1. The number of hydrogen-bond acceptors (Lipinski definition) is 4. The minimum atomic E-state index is -5.08. The van der Waals surface area contributed by atoms with Gasteiger partial charge in [-0.1, -0.05) is 57.9 Å². The van der Waals surface area contributed by atoms with Crippen LogP contribution in [0, 0.1) is 0 Å².